The van der Waals surface area contributed by atoms with Gasteiger partial charge in [-0.25, -0.2) is 4.98 Å². The summed E-state index contributed by atoms with van der Waals surface area (Å²) in [5, 5.41) is 18.6. The first-order valence-corrected chi connectivity index (χ1v) is 8.08. The van der Waals surface area contributed by atoms with Crippen LogP contribution in [0.15, 0.2) is 11.2 Å². The largest absolute Gasteiger partial charge is 0.322 e. The monoisotopic (exact) mass is 331 g/mol. The van der Waals surface area contributed by atoms with Crippen LogP contribution in [0.25, 0.3) is 5.78 Å². The molecule has 3 aromatic rings. The summed E-state index contributed by atoms with van der Waals surface area (Å²) in [6, 6.07) is 1.96. The van der Waals surface area contributed by atoms with E-state index in [0.29, 0.717) is 10.9 Å². The number of hydrogen-bond acceptors (Lipinski definition) is 6. The summed E-state index contributed by atoms with van der Waals surface area (Å²) in [5.41, 5.74) is 4.22. The van der Waals surface area contributed by atoms with Gasteiger partial charge in [0.25, 0.3) is 5.78 Å². The highest BCUT2D eigenvalue weighted by Gasteiger charge is 2.14. The van der Waals surface area contributed by atoms with Crippen LogP contribution >= 0.6 is 11.8 Å². The van der Waals surface area contributed by atoms with E-state index >= 15 is 0 Å². The molecule has 0 aliphatic heterocycles. The quantitative estimate of drug-likeness (QED) is 0.707. The van der Waals surface area contributed by atoms with Crippen molar-refractivity contribution in [1.82, 2.24) is 29.8 Å². The first-order chi connectivity index (χ1) is 11.0. The van der Waals surface area contributed by atoms with Crippen molar-refractivity contribution in [3.8, 4) is 0 Å². The van der Waals surface area contributed by atoms with Gasteiger partial charge in [-0.05, 0) is 33.8 Å². The molecule has 9 heteroatoms. The van der Waals surface area contributed by atoms with Crippen molar-refractivity contribution in [2.45, 2.75) is 32.9 Å². The van der Waals surface area contributed by atoms with Crippen LogP contribution in [-0.2, 0) is 4.79 Å². The number of anilines is 1. The SMILES string of the molecule is Cc1cc(C)n2c(SCC(=O)Nc3c(C)n[nH]c3C)nnc2n1. The number of carbonyl (C=O) groups is 1. The molecule has 0 aliphatic rings. The summed E-state index contributed by atoms with van der Waals surface area (Å²) in [5.74, 6) is 0.669. The molecule has 0 spiro atoms. The lowest BCUT2D eigenvalue weighted by atomic mass is 10.3. The smallest absolute Gasteiger partial charge is 0.256 e. The van der Waals surface area contributed by atoms with Crippen molar-refractivity contribution < 1.29 is 4.79 Å². The molecule has 0 radical (unpaired) electrons. The Kier molecular flexibility index (Phi) is 4.03. The fraction of sp³-hybridized carbons (Fsp3) is 0.357. The fourth-order valence-electron chi connectivity index (χ4n) is 2.33. The molecule has 120 valence electrons. The lowest BCUT2D eigenvalue weighted by molar-refractivity contribution is -0.113. The molecule has 0 aromatic carbocycles. The number of thioether (sulfide) groups is 1. The topological polar surface area (TPSA) is 101 Å². The molecule has 1 amide bonds. The average molecular weight is 331 g/mol. The second-order valence-electron chi connectivity index (χ2n) is 5.30. The van der Waals surface area contributed by atoms with Gasteiger partial charge in [0.2, 0.25) is 5.91 Å². The average Bonchev–Trinajstić information content (AvgIpc) is 3.03. The van der Waals surface area contributed by atoms with Crippen molar-refractivity contribution >= 4 is 29.1 Å². The van der Waals surface area contributed by atoms with Gasteiger partial charge in [-0.3, -0.25) is 14.3 Å². The summed E-state index contributed by atoms with van der Waals surface area (Å²) in [4.78, 5) is 16.5. The number of aromatic nitrogens is 6. The Bertz CT molecular complexity index is 863. The third-order valence-electron chi connectivity index (χ3n) is 3.39. The number of amides is 1. The number of nitrogens with zero attached hydrogens (tertiary/aromatic N) is 5. The van der Waals surface area contributed by atoms with E-state index in [1.807, 2.05) is 38.2 Å². The van der Waals surface area contributed by atoms with Crippen LogP contribution in [0.1, 0.15) is 22.8 Å². The van der Waals surface area contributed by atoms with Gasteiger partial charge < -0.3 is 5.32 Å². The fourth-order valence-corrected chi connectivity index (χ4v) is 3.12. The number of aryl methyl sites for hydroxylation is 4. The zero-order valence-electron chi connectivity index (χ0n) is 13.3. The molecule has 8 nitrogen and oxygen atoms in total. The summed E-state index contributed by atoms with van der Waals surface area (Å²) in [7, 11) is 0. The minimum absolute atomic E-state index is 0.114. The lowest BCUT2D eigenvalue weighted by Gasteiger charge is -2.06. The Morgan fingerprint density at radius 1 is 1.30 bits per heavy atom. The lowest BCUT2D eigenvalue weighted by Crippen LogP contribution is -2.15. The summed E-state index contributed by atoms with van der Waals surface area (Å²) in [6.07, 6.45) is 0. The van der Waals surface area contributed by atoms with Crippen LogP contribution in [0.3, 0.4) is 0 Å². The van der Waals surface area contributed by atoms with Gasteiger partial charge >= 0.3 is 0 Å². The van der Waals surface area contributed by atoms with Crippen LogP contribution in [0.5, 0.6) is 0 Å². The normalized spacial score (nSPS) is 11.1. The maximum atomic E-state index is 12.1. The molecule has 0 bridgehead atoms. The Balaban J connectivity index is 1.72. The predicted octanol–water partition coefficient (Wildman–Crippen LogP) is 1.81. The van der Waals surface area contributed by atoms with E-state index in [9.17, 15) is 4.79 Å². The maximum absolute atomic E-state index is 12.1. The highest BCUT2D eigenvalue weighted by Crippen LogP contribution is 2.20. The van der Waals surface area contributed by atoms with Gasteiger partial charge in [0.05, 0.1) is 22.8 Å². The molecule has 2 N–H and O–H groups in total. The number of H-pyrrole nitrogens is 1. The first-order valence-electron chi connectivity index (χ1n) is 7.09. The van der Waals surface area contributed by atoms with Gasteiger partial charge in [0.15, 0.2) is 5.16 Å². The molecule has 0 unspecified atom stereocenters. The van der Waals surface area contributed by atoms with Gasteiger partial charge in [0.1, 0.15) is 0 Å². The molecular weight excluding hydrogens is 314 g/mol. The van der Waals surface area contributed by atoms with Crippen molar-refractivity contribution in [1.29, 1.82) is 0 Å². The molecule has 3 heterocycles. The Labute approximate surface area is 137 Å². The van der Waals surface area contributed by atoms with E-state index in [1.165, 1.54) is 11.8 Å². The standard InChI is InChI=1S/C14H17N7OS/c1-7-5-8(2)21-13(15-7)19-20-14(21)23-6-11(22)16-12-9(3)17-18-10(12)4/h5H,6H2,1-4H3,(H,16,22)(H,17,18). The second kappa shape index (κ2) is 5.99. The molecule has 0 saturated heterocycles. The van der Waals surface area contributed by atoms with E-state index in [0.717, 1.165) is 28.5 Å². The molecular formula is C14H17N7OS. The molecule has 0 aliphatic carbocycles. The zero-order valence-corrected chi connectivity index (χ0v) is 14.2. The number of carbonyl (C=O) groups excluding carboxylic acids is 1. The van der Waals surface area contributed by atoms with Gasteiger partial charge in [-0.1, -0.05) is 11.8 Å². The van der Waals surface area contributed by atoms with Crippen LogP contribution in [-0.4, -0.2) is 41.4 Å². The van der Waals surface area contributed by atoms with Crippen molar-refractivity contribution in [2.75, 3.05) is 11.1 Å². The van der Waals surface area contributed by atoms with Crippen LogP contribution in [0.4, 0.5) is 5.69 Å². The highest BCUT2D eigenvalue weighted by molar-refractivity contribution is 7.99. The van der Waals surface area contributed by atoms with Crippen molar-refractivity contribution in [3.05, 3.63) is 28.8 Å². The summed E-state index contributed by atoms with van der Waals surface area (Å²) < 4.78 is 1.85. The number of rotatable bonds is 4. The van der Waals surface area contributed by atoms with Gasteiger partial charge in [-0.2, -0.15) is 5.10 Å². The van der Waals surface area contributed by atoms with E-state index in [4.69, 9.17) is 0 Å². The molecule has 3 aromatic heterocycles. The van der Waals surface area contributed by atoms with E-state index in [2.05, 4.69) is 30.7 Å². The minimum atomic E-state index is -0.114. The molecule has 0 atom stereocenters. The molecule has 0 fully saturated rings. The van der Waals surface area contributed by atoms with Crippen LogP contribution in [0, 0.1) is 27.7 Å². The maximum Gasteiger partial charge on any atom is 0.256 e. The third-order valence-corrected chi connectivity index (χ3v) is 4.32. The van der Waals surface area contributed by atoms with Crippen LogP contribution in [0.2, 0.25) is 0 Å². The Morgan fingerprint density at radius 2 is 2.09 bits per heavy atom. The van der Waals surface area contributed by atoms with Crippen LogP contribution < -0.4 is 5.32 Å². The Hall–Kier alpha value is -2.42. The van der Waals surface area contributed by atoms with E-state index < -0.39 is 0 Å². The third kappa shape index (κ3) is 3.04. The zero-order chi connectivity index (χ0) is 16.6. The number of fused-ring (bicyclic) bond motifs is 1. The number of hydrogen-bond donors (Lipinski definition) is 2. The molecule has 3 rings (SSSR count). The minimum Gasteiger partial charge on any atom is -0.322 e. The van der Waals surface area contributed by atoms with E-state index in [-0.39, 0.29) is 11.7 Å². The summed E-state index contributed by atoms with van der Waals surface area (Å²) >= 11 is 1.32. The number of nitrogens with one attached hydrogen (secondary N) is 2. The molecule has 0 saturated carbocycles. The summed E-state index contributed by atoms with van der Waals surface area (Å²) in [6.45, 7) is 7.59. The Morgan fingerprint density at radius 3 is 2.78 bits per heavy atom. The van der Waals surface area contributed by atoms with Gasteiger partial charge in [-0.15, -0.1) is 10.2 Å². The molecule has 23 heavy (non-hydrogen) atoms. The van der Waals surface area contributed by atoms with E-state index in [1.54, 1.807) is 0 Å². The van der Waals surface area contributed by atoms with Crippen molar-refractivity contribution in [3.63, 3.8) is 0 Å². The predicted molar refractivity (Wildman–Crippen MR) is 87.7 cm³/mol. The highest BCUT2D eigenvalue weighted by atomic mass is 32.2. The first kappa shape index (κ1) is 15.5. The second-order valence-corrected chi connectivity index (χ2v) is 6.25. The van der Waals surface area contributed by atoms with Crippen molar-refractivity contribution in [2.24, 2.45) is 0 Å². The van der Waals surface area contributed by atoms with Gasteiger partial charge in [0, 0.05) is 11.4 Å². The number of aromatic amines is 1.